The number of aromatic nitrogens is 2. The van der Waals surface area contributed by atoms with Crippen LogP contribution >= 0.6 is 0 Å². The van der Waals surface area contributed by atoms with Gasteiger partial charge in [-0.05, 0) is 25.1 Å². The van der Waals surface area contributed by atoms with Crippen molar-refractivity contribution in [2.75, 3.05) is 0 Å². The average molecular weight is 394 g/mol. The number of aliphatic imine (C=N–C) groups is 1. The zero-order valence-corrected chi connectivity index (χ0v) is 15.5. The Balaban J connectivity index is 2.06. The van der Waals surface area contributed by atoms with Crippen molar-refractivity contribution in [3.63, 3.8) is 0 Å². The molecule has 1 unspecified atom stereocenters. The fraction of sp³-hybridized carbons (Fsp3) is 0.150. The third-order valence-corrected chi connectivity index (χ3v) is 4.43. The van der Waals surface area contributed by atoms with Crippen molar-refractivity contribution in [2.24, 2.45) is 4.99 Å². The van der Waals surface area contributed by atoms with E-state index in [1.54, 1.807) is 29.8 Å². The lowest BCUT2D eigenvalue weighted by Crippen LogP contribution is -2.12. The van der Waals surface area contributed by atoms with Gasteiger partial charge < -0.3 is 4.74 Å². The van der Waals surface area contributed by atoms with E-state index < -0.39 is 22.9 Å². The summed E-state index contributed by atoms with van der Waals surface area (Å²) < 4.78 is 21.6. The number of aryl methyl sites for hydroxylation is 1. The lowest BCUT2D eigenvalue weighted by Gasteiger charge is -2.12. The van der Waals surface area contributed by atoms with Gasteiger partial charge in [0, 0.05) is 36.4 Å². The minimum absolute atomic E-state index is 0.133. The molecule has 0 bridgehead atoms. The number of hydrogen-bond donors (Lipinski definition) is 0. The number of non-ortho nitro benzene ring substituents is 1. The number of nitrogens with zero attached hydrogens (tertiary/aromatic N) is 4. The van der Waals surface area contributed by atoms with Gasteiger partial charge in [0.1, 0.15) is 5.82 Å². The SMILES string of the molecule is CC(=O)OC1N=C(c2ccccc2F)c2cc([N+](=O)[O-])ccc2-n2cc(C)nc21. The van der Waals surface area contributed by atoms with E-state index in [1.165, 1.54) is 37.3 Å². The molecule has 1 aromatic heterocycles. The van der Waals surface area contributed by atoms with Crippen LogP contribution in [-0.2, 0) is 9.53 Å². The molecule has 0 radical (unpaired) electrons. The Morgan fingerprint density at radius 3 is 2.69 bits per heavy atom. The molecule has 0 aliphatic carbocycles. The van der Waals surface area contributed by atoms with Crippen LogP contribution < -0.4 is 0 Å². The Morgan fingerprint density at radius 1 is 1.24 bits per heavy atom. The van der Waals surface area contributed by atoms with Gasteiger partial charge in [0.2, 0.25) is 0 Å². The second-order valence-corrected chi connectivity index (χ2v) is 6.49. The van der Waals surface area contributed by atoms with E-state index in [9.17, 15) is 19.3 Å². The van der Waals surface area contributed by atoms with Crippen LogP contribution in [-0.4, -0.2) is 26.2 Å². The van der Waals surface area contributed by atoms with Gasteiger partial charge in [0.05, 0.1) is 22.0 Å². The average Bonchev–Trinajstić information content (AvgIpc) is 3.01. The van der Waals surface area contributed by atoms with Gasteiger partial charge in [-0.1, -0.05) is 12.1 Å². The summed E-state index contributed by atoms with van der Waals surface area (Å²) in [5, 5.41) is 11.3. The van der Waals surface area contributed by atoms with Gasteiger partial charge in [-0.2, -0.15) is 0 Å². The van der Waals surface area contributed by atoms with E-state index in [-0.39, 0.29) is 17.0 Å². The molecule has 9 heteroatoms. The molecule has 0 saturated carbocycles. The number of ether oxygens (including phenoxy) is 1. The van der Waals surface area contributed by atoms with Gasteiger partial charge in [-0.3, -0.25) is 19.5 Å². The number of carbonyl (C=O) groups excluding carboxylic acids is 1. The molecule has 3 aromatic rings. The minimum atomic E-state index is -1.14. The van der Waals surface area contributed by atoms with Crippen molar-refractivity contribution in [3.05, 3.63) is 87.2 Å². The Kier molecular flexibility index (Phi) is 4.42. The summed E-state index contributed by atoms with van der Waals surface area (Å²) in [6.07, 6.45) is 0.568. The maximum atomic E-state index is 14.6. The predicted molar refractivity (Wildman–Crippen MR) is 102 cm³/mol. The number of nitro benzene ring substituents is 1. The molecule has 1 atom stereocenters. The number of imidazole rings is 1. The smallest absolute Gasteiger partial charge is 0.304 e. The first-order valence-electron chi connectivity index (χ1n) is 8.70. The number of esters is 1. The zero-order valence-electron chi connectivity index (χ0n) is 15.5. The van der Waals surface area contributed by atoms with Crippen LogP contribution in [0.25, 0.3) is 5.69 Å². The molecule has 29 heavy (non-hydrogen) atoms. The predicted octanol–water partition coefficient (Wildman–Crippen LogP) is 3.64. The highest BCUT2D eigenvalue weighted by Gasteiger charge is 2.30. The van der Waals surface area contributed by atoms with Crippen LogP contribution in [0.3, 0.4) is 0 Å². The monoisotopic (exact) mass is 394 g/mol. The Labute approximate surface area is 164 Å². The van der Waals surface area contributed by atoms with Crippen molar-refractivity contribution in [2.45, 2.75) is 20.1 Å². The minimum Gasteiger partial charge on any atom is -0.432 e. The first-order valence-corrected chi connectivity index (χ1v) is 8.70. The van der Waals surface area contributed by atoms with Crippen LogP contribution in [0.5, 0.6) is 0 Å². The molecule has 8 nitrogen and oxygen atoms in total. The first-order chi connectivity index (χ1) is 13.8. The summed E-state index contributed by atoms with van der Waals surface area (Å²) in [4.78, 5) is 31.4. The normalized spacial score (nSPS) is 15.0. The second-order valence-electron chi connectivity index (χ2n) is 6.49. The third kappa shape index (κ3) is 3.27. The fourth-order valence-electron chi connectivity index (χ4n) is 3.27. The molecule has 0 amide bonds. The van der Waals surface area contributed by atoms with Crippen molar-refractivity contribution >= 4 is 17.4 Å². The molecule has 146 valence electrons. The van der Waals surface area contributed by atoms with Crippen molar-refractivity contribution < 1.29 is 18.8 Å². The molecule has 2 aromatic carbocycles. The van der Waals surface area contributed by atoms with E-state index >= 15 is 0 Å². The van der Waals surface area contributed by atoms with E-state index in [0.29, 0.717) is 22.8 Å². The molecule has 0 N–H and O–H groups in total. The summed E-state index contributed by atoms with van der Waals surface area (Å²) in [5.74, 6) is -0.823. The first kappa shape index (κ1) is 18.5. The highest BCUT2D eigenvalue weighted by molar-refractivity contribution is 6.15. The number of fused-ring (bicyclic) bond motifs is 3. The van der Waals surface area contributed by atoms with E-state index in [1.807, 2.05) is 0 Å². The number of benzene rings is 2. The lowest BCUT2D eigenvalue weighted by atomic mass is 9.99. The number of nitro groups is 1. The van der Waals surface area contributed by atoms with Gasteiger partial charge in [0.25, 0.3) is 11.9 Å². The molecular formula is C20H15FN4O4. The second kappa shape index (κ2) is 6.93. The topological polar surface area (TPSA) is 99.6 Å². The Morgan fingerprint density at radius 2 is 2.00 bits per heavy atom. The molecule has 0 fully saturated rings. The van der Waals surface area contributed by atoms with Crippen LogP contribution in [0.1, 0.15) is 35.8 Å². The highest BCUT2D eigenvalue weighted by Crippen LogP contribution is 2.33. The van der Waals surface area contributed by atoms with E-state index in [4.69, 9.17) is 4.74 Å². The van der Waals surface area contributed by atoms with Gasteiger partial charge in [-0.25, -0.2) is 14.4 Å². The quantitative estimate of drug-likeness (QED) is 0.384. The van der Waals surface area contributed by atoms with Crippen LogP contribution in [0, 0.1) is 22.9 Å². The van der Waals surface area contributed by atoms with Gasteiger partial charge in [-0.15, -0.1) is 0 Å². The largest absolute Gasteiger partial charge is 0.432 e. The number of hydrogen-bond acceptors (Lipinski definition) is 6. The molecule has 0 saturated heterocycles. The molecular weight excluding hydrogens is 379 g/mol. The molecule has 4 rings (SSSR count). The fourth-order valence-corrected chi connectivity index (χ4v) is 3.27. The number of rotatable bonds is 3. The van der Waals surface area contributed by atoms with Crippen molar-refractivity contribution in [3.8, 4) is 5.69 Å². The summed E-state index contributed by atoms with van der Waals surface area (Å²) in [7, 11) is 0. The third-order valence-electron chi connectivity index (χ3n) is 4.43. The Hall–Kier alpha value is -3.88. The summed E-state index contributed by atoms with van der Waals surface area (Å²) in [5.41, 5.74) is 1.59. The van der Waals surface area contributed by atoms with Crippen LogP contribution in [0.15, 0.2) is 53.7 Å². The van der Waals surface area contributed by atoms with Crippen LogP contribution in [0.2, 0.25) is 0 Å². The van der Waals surface area contributed by atoms with Gasteiger partial charge >= 0.3 is 5.97 Å². The molecule has 1 aliphatic rings. The standard InChI is InChI=1S/C20H15FN4O4/c1-11-10-24-17-8-7-13(25(27)28)9-15(17)18(14-5-3-4-6-16(14)21)23-20(19(24)22-11)29-12(2)26/h3-10,20H,1-2H3. The summed E-state index contributed by atoms with van der Waals surface area (Å²) in [6, 6.07) is 10.2. The molecule has 0 spiro atoms. The number of carbonyl (C=O) groups is 1. The molecule has 1 aliphatic heterocycles. The zero-order chi connectivity index (χ0) is 20.7. The molecule has 2 heterocycles. The van der Waals surface area contributed by atoms with Crippen molar-refractivity contribution in [1.29, 1.82) is 0 Å². The maximum absolute atomic E-state index is 14.6. The maximum Gasteiger partial charge on any atom is 0.304 e. The van der Waals surface area contributed by atoms with Gasteiger partial charge in [0.15, 0.2) is 5.82 Å². The lowest BCUT2D eigenvalue weighted by molar-refractivity contribution is -0.384. The van der Waals surface area contributed by atoms with Crippen molar-refractivity contribution in [1.82, 2.24) is 9.55 Å². The van der Waals surface area contributed by atoms with E-state index in [2.05, 4.69) is 9.98 Å². The summed E-state index contributed by atoms with van der Waals surface area (Å²) >= 11 is 0. The van der Waals surface area contributed by atoms with Crippen LogP contribution in [0.4, 0.5) is 10.1 Å². The summed E-state index contributed by atoms with van der Waals surface area (Å²) in [6.45, 7) is 3.00. The Bertz CT molecular complexity index is 1180. The number of halogens is 1. The van der Waals surface area contributed by atoms with E-state index in [0.717, 1.165) is 0 Å². The highest BCUT2D eigenvalue weighted by atomic mass is 19.1.